The fraction of sp³-hybridized carbons (Fsp3) is 0.550. The van der Waals surface area contributed by atoms with Gasteiger partial charge in [0.25, 0.3) is 5.56 Å². The molecule has 3 aromatic rings. The van der Waals surface area contributed by atoms with Crippen LogP contribution in [0.4, 0.5) is 10.3 Å². The average molecular weight is 619 g/mol. The van der Waals surface area contributed by atoms with E-state index in [0.717, 1.165) is 0 Å². The van der Waals surface area contributed by atoms with Gasteiger partial charge in [-0.3, -0.25) is 23.4 Å². The molecule has 16 nitrogen and oxygen atoms in total. The number of thiol groups is 1. The van der Waals surface area contributed by atoms with Gasteiger partial charge in [-0.1, -0.05) is 12.2 Å². The largest absolute Gasteiger partial charge is 0.474 e. The Morgan fingerprint density at radius 1 is 1.27 bits per heavy atom. The zero-order valence-electron chi connectivity index (χ0n) is 20.4. The Labute approximate surface area is 230 Å². The highest BCUT2D eigenvalue weighted by molar-refractivity contribution is 8.44. The van der Waals surface area contributed by atoms with E-state index in [-0.39, 0.29) is 29.8 Å². The molecule has 2 unspecified atom stereocenters. The Balaban J connectivity index is 1.25. The van der Waals surface area contributed by atoms with Crippen molar-refractivity contribution < 1.29 is 41.1 Å². The number of ether oxygens (including phenoxy) is 2. The van der Waals surface area contributed by atoms with E-state index in [1.54, 1.807) is 6.07 Å². The molecule has 3 N–H and O–H groups in total. The molecule has 2 saturated heterocycles. The van der Waals surface area contributed by atoms with Gasteiger partial charge in [-0.2, -0.15) is 4.98 Å². The maximum absolute atomic E-state index is 15.6. The quantitative estimate of drug-likeness (QED) is 0.283. The second-order valence-electron chi connectivity index (χ2n) is 9.36. The minimum Gasteiger partial charge on any atom is -0.474 e. The number of nitrogens with zero attached hydrogens (tertiary/aromatic N) is 5. The highest BCUT2D eigenvalue weighted by Gasteiger charge is 2.51. The minimum atomic E-state index is -4.21. The van der Waals surface area contributed by atoms with Crippen LogP contribution < -0.4 is 16.0 Å². The minimum absolute atomic E-state index is 0.0231. The van der Waals surface area contributed by atoms with E-state index >= 15 is 4.39 Å². The molecule has 0 spiro atoms. The van der Waals surface area contributed by atoms with Crippen molar-refractivity contribution in [3.63, 3.8) is 0 Å². The number of aromatic amines is 1. The van der Waals surface area contributed by atoms with Crippen LogP contribution in [0.1, 0.15) is 19.1 Å². The van der Waals surface area contributed by atoms with E-state index < -0.39 is 63.8 Å². The van der Waals surface area contributed by atoms with Gasteiger partial charge in [0.05, 0.1) is 25.6 Å². The monoisotopic (exact) mass is 619 g/mol. The molecule has 0 amide bonds. The SMILES string of the molecule is Nc1nc2c(ncn2[C@@H]2O[C@@H]3CO[PH](=O)O[C@H]4C[C@H](Oc5ccncn5)C[C@@H]4COP(=O)(S)O[C@@H]2[C@@H]3F)c(=O)[nH]1. The number of imidazole rings is 1. The van der Waals surface area contributed by atoms with E-state index in [1.807, 2.05) is 0 Å². The van der Waals surface area contributed by atoms with Crippen LogP contribution in [-0.2, 0) is 32.0 Å². The first kappa shape index (κ1) is 27.7. The van der Waals surface area contributed by atoms with Crippen LogP contribution in [-0.4, -0.2) is 73.3 Å². The second-order valence-corrected chi connectivity index (χ2v) is 13.3. The van der Waals surface area contributed by atoms with Crippen molar-refractivity contribution in [2.45, 2.75) is 49.7 Å². The number of hydrogen-bond donors (Lipinski definition) is 3. The predicted molar refractivity (Wildman–Crippen MR) is 138 cm³/mol. The molecule has 1 aliphatic carbocycles. The molecule has 0 aromatic carbocycles. The third-order valence-corrected chi connectivity index (χ3v) is 9.25. The molecule has 3 aliphatic rings. The van der Waals surface area contributed by atoms with Gasteiger partial charge < -0.3 is 28.8 Å². The summed E-state index contributed by atoms with van der Waals surface area (Å²) in [4.78, 5) is 30.5. The first-order chi connectivity index (χ1) is 19.2. The zero-order valence-corrected chi connectivity index (χ0v) is 23.2. The summed E-state index contributed by atoms with van der Waals surface area (Å²) in [7, 11) is -3.13. The maximum Gasteiger partial charge on any atom is 0.386 e. The van der Waals surface area contributed by atoms with Crippen LogP contribution in [0.5, 0.6) is 5.88 Å². The fourth-order valence-electron chi connectivity index (χ4n) is 4.95. The van der Waals surface area contributed by atoms with E-state index in [0.29, 0.717) is 18.7 Å². The molecule has 3 aromatic heterocycles. The van der Waals surface area contributed by atoms with Crippen LogP contribution in [0.2, 0.25) is 0 Å². The van der Waals surface area contributed by atoms with Crippen molar-refractivity contribution in [2.24, 2.45) is 5.92 Å². The van der Waals surface area contributed by atoms with Gasteiger partial charge >= 0.3 is 15.1 Å². The number of H-pyrrole nitrogens is 1. The molecule has 40 heavy (non-hydrogen) atoms. The number of nitrogen functional groups attached to an aromatic ring is 1. The van der Waals surface area contributed by atoms with Crippen molar-refractivity contribution in [1.29, 1.82) is 0 Å². The maximum atomic E-state index is 15.6. The molecular formula is C20H24FN7O9P2S. The molecule has 9 atom stereocenters. The van der Waals surface area contributed by atoms with Crippen molar-refractivity contribution in [3.05, 3.63) is 35.3 Å². The average Bonchev–Trinajstić information content (AvgIpc) is 3.58. The lowest BCUT2D eigenvalue weighted by Crippen LogP contribution is -2.31. The summed E-state index contributed by atoms with van der Waals surface area (Å²) < 4.78 is 76.8. The zero-order chi connectivity index (χ0) is 28.0. The van der Waals surface area contributed by atoms with Gasteiger partial charge in [-0.05, 0) is 6.42 Å². The number of nitrogens with two attached hydrogens (primary N) is 1. The lowest BCUT2D eigenvalue weighted by Gasteiger charge is -2.25. The molecule has 20 heteroatoms. The third kappa shape index (κ3) is 5.67. The Hall–Kier alpha value is -2.43. The van der Waals surface area contributed by atoms with Crippen LogP contribution >= 0.6 is 27.3 Å². The van der Waals surface area contributed by atoms with Crippen molar-refractivity contribution in [3.8, 4) is 5.88 Å². The molecule has 2 aliphatic heterocycles. The first-order valence-corrected chi connectivity index (χ1v) is 16.0. The van der Waals surface area contributed by atoms with Gasteiger partial charge in [0.1, 0.15) is 24.6 Å². The number of alkyl halides is 1. The molecule has 3 fully saturated rings. The van der Waals surface area contributed by atoms with Crippen molar-refractivity contribution in [2.75, 3.05) is 18.9 Å². The van der Waals surface area contributed by atoms with Crippen molar-refractivity contribution >= 4 is 44.4 Å². The van der Waals surface area contributed by atoms with Gasteiger partial charge in [0.2, 0.25) is 11.8 Å². The number of hydrogen-bond acceptors (Lipinski definition) is 14. The van der Waals surface area contributed by atoms with Crippen LogP contribution in [0.15, 0.2) is 29.7 Å². The first-order valence-electron chi connectivity index (χ1n) is 12.1. The normalized spacial score (nSPS) is 36.9. The summed E-state index contributed by atoms with van der Waals surface area (Å²) in [5, 5.41) is 0. The van der Waals surface area contributed by atoms with Gasteiger partial charge in [0, 0.05) is 24.6 Å². The summed E-state index contributed by atoms with van der Waals surface area (Å²) >= 11 is 4.07. The van der Waals surface area contributed by atoms with Gasteiger partial charge in [-0.15, -0.1) is 0 Å². The summed E-state index contributed by atoms with van der Waals surface area (Å²) in [6.07, 6.45) is -2.44. The van der Waals surface area contributed by atoms with E-state index in [4.69, 9.17) is 33.3 Å². The Morgan fingerprint density at radius 2 is 2.12 bits per heavy atom. The molecule has 6 rings (SSSR count). The Morgan fingerprint density at radius 3 is 2.92 bits per heavy atom. The second kappa shape index (κ2) is 11.1. The van der Waals surface area contributed by atoms with Crippen molar-refractivity contribution in [1.82, 2.24) is 29.5 Å². The van der Waals surface area contributed by atoms with Crippen LogP contribution in [0.25, 0.3) is 11.2 Å². The summed E-state index contributed by atoms with van der Waals surface area (Å²) in [5.74, 6) is -0.294. The molecule has 5 heterocycles. The van der Waals surface area contributed by atoms with Crippen LogP contribution in [0.3, 0.4) is 0 Å². The molecule has 1 saturated carbocycles. The fourth-order valence-corrected chi connectivity index (χ4v) is 7.35. The van der Waals surface area contributed by atoms with E-state index in [9.17, 15) is 13.9 Å². The number of halogens is 1. The highest BCUT2D eigenvalue weighted by Crippen LogP contribution is 2.58. The number of fused-ring (bicyclic) bond motifs is 4. The summed E-state index contributed by atoms with van der Waals surface area (Å²) in [6.45, 7) is -4.87. The van der Waals surface area contributed by atoms with Crippen LogP contribution in [0, 0.1) is 5.92 Å². The predicted octanol–water partition coefficient (Wildman–Crippen LogP) is 1.83. The van der Waals surface area contributed by atoms with E-state index in [2.05, 4.69) is 37.2 Å². The number of rotatable bonds is 3. The molecular weight excluding hydrogens is 595 g/mol. The standard InChI is InChI=1S/C20H24FN7O9P2S/c21-14-12-6-32-38(30)36-11-4-10(34-13-1-2-23-7-24-13)3-9(11)5-33-39(31,40)37-16(14)19(35-12)28-8-25-15-17(28)26-20(22)27-18(15)29/h1-2,7-12,14,16,19,38H,3-6H2,(H,31,40)(H3,22,26,27,29)/t9-,10-,11+,12-,14-,16-,19-,39?/m1/s1. The number of nitrogens with one attached hydrogen (secondary N) is 1. The third-order valence-electron chi connectivity index (χ3n) is 6.74. The number of anilines is 1. The topological polar surface area (TPSA) is 205 Å². The van der Waals surface area contributed by atoms with E-state index in [1.165, 1.54) is 23.4 Å². The molecule has 216 valence electrons. The Kier molecular flexibility index (Phi) is 7.69. The lowest BCUT2D eigenvalue weighted by molar-refractivity contribution is -0.0464. The highest BCUT2D eigenvalue weighted by atomic mass is 32.7. The molecule has 0 radical (unpaired) electrons. The Bertz CT molecular complexity index is 1520. The van der Waals surface area contributed by atoms with Gasteiger partial charge in [-0.25, -0.2) is 23.9 Å². The summed E-state index contributed by atoms with van der Waals surface area (Å²) in [5.41, 5.74) is 4.94. The number of aromatic nitrogens is 6. The van der Waals surface area contributed by atoms with Gasteiger partial charge in [0.15, 0.2) is 23.6 Å². The molecule has 2 bridgehead atoms. The lowest BCUT2D eigenvalue weighted by atomic mass is 10.1. The smallest absolute Gasteiger partial charge is 0.386 e. The summed E-state index contributed by atoms with van der Waals surface area (Å²) in [6, 6.07) is 1.59.